The highest BCUT2D eigenvalue weighted by molar-refractivity contribution is 9.09. The molecule has 0 saturated heterocycles. The monoisotopic (exact) mass is 304 g/mol. The maximum atomic E-state index is 3.87. The summed E-state index contributed by atoms with van der Waals surface area (Å²) in [6.07, 6.45) is 15.5. The van der Waals surface area contributed by atoms with Crippen LogP contribution in [0.3, 0.4) is 0 Å². The van der Waals surface area contributed by atoms with Crippen molar-refractivity contribution in [1.82, 2.24) is 0 Å². The molecule has 17 heavy (non-hydrogen) atoms. The lowest BCUT2D eigenvalue weighted by Gasteiger charge is -2.18. The molecule has 2 unspecified atom stereocenters. The Hall–Kier alpha value is 0.480. The Balaban J connectivity index is 3.34. The summed E-state index contributed by atoms with van der Waals surface area (Å²) in [6, 6.07) is 0. The van der Waals surface area contributed by atoms with Crippen LogP contribution in [0.25, 0.3) is 0 Å². The Morgan fingerprint density at radius 3 is 1.82 bits per heavy atom. The van der Waals surface area contributed by atoms with Gasteiger partial charge >= 0.3 is 0 Å². The van der Waals surface area contributed by atoms with Gasteiger partial charge in [0.15, 0.2) is 0 Å². The number of rotatable bonds is 12. The first kappa shape index (κ1) is 17.5. The molecule has 0 aromatic rings. The van der Waals surface area contributed by atoms with Gasteiger partial charge in [-0.3, -0.25) is 0 Å². The van der Waals surface area contributed by atoms with Gasteiger partial charge in [-0.15, -0.1) is 0 Å². The van der Waals surface area contributed by atoms with Gasteiger partial charge in [-0.05, 0) is 18.8 Å². The number of alkyl halides is 1. The molecule has 0 saturated carbocycles. The minimum absolute atomic E-state index is 0.754. The van der Waals surface area contributed by atoms with Crippen molar-refractivity contribution in [1.29, 1.82) is 0 Å². The highest BCUT2D eigenvalue weighted by Gasteiger charge is 2.12. The van der Waals surface area contributed by atoms with E-state index in [1.165, 1.54) is 70.6 Å². The van der Waals surface area contributed by atoms with Gasteiger partial charge in [0.05, 0.1) is 0 Å². The lowest BCUT2D eigenvalue weighted by atomic mass is 9.96. The van der Waals surface area contributed by atoms with Crippen LogP contribution in [0.15, 0.2) is 0 Å². The van der Waals surface area contributed by atoms with Gasteiger partial charge in [0, 0.05) is 4.83 Å². The Labute approximate surface area is 118 Å². The van der Waals surface area contributed by atoms with Crippen LogP contribution in [0.1, 0.15) is 91.4 Å². The number of unbranched alkanes of at least 4 members (excludes halogenated alkanes) is 7. The molecule has 0 heterocycles. The summed E-state index contributed by atoms with van der Waals surface area (Å²) in [5.74, 6) is 0.859. The maximum absolute atomic E-state index is 3.87. The molecule has 0 N–H and O–H groups in total. The van der Waals surface area contributed by atoms with Crippen LogP contribution >= 0.6 is 15.9 Å². The van der Waals surface area contributed by atoms with Crippen molar-refractivity contribution in [3.63, 3.8) is 0 Å². The minimum Gasteiger partial charge on any atom is -0.0888 e. The van der Waals surface area contributed by atoms with E-state index in [-0.39, 0.29) is 0 Å². The molecule has 0 amide bonds. The minimum atomic E-state index is 0.754. The Kier molecular flexibility index (Phi) is 13.3. The molecule has 0 spiro atoms. The smallest absolute Gasteiger partial charge is 0.0171 e. The lowest BCUT2D eigenvalue weighted by Crippen LogP contribution is -2.10. The van der Waals surface area contributed by atoms with Crippen LogP contribution in [-0.2, 0) is 0 Å². The second kappa shape index (κ2) is 12.9. The third kappa shape index (κ3) is 11.3. The zero-order chi connectivity index (χ0) is 12.9. The van der Waals surface area contributed by atoms with Crippen molar-refractivity contribution < 1.29 is 0 Å². The first-order chi connectivity index (χ1) is 8.22. The molecule has 0 aliphatic heterocycles. The van der Waals surface area contributed by atoms with Crippen molar-refractivity contribution in [3.05, 3.63) is 0 Å². The van der Waals surface area contributed by atoms with Gasteiger partial charge in [-0.2, -0.15) is 0 Å². The zero-order valence-corrected chi connectivity index (χ0v) is 13.9. The van der Waals surface area contributed by atoms with Crippen LogP contribution in [0.2, 0.25) is 0 Å². The van der Waals surface area contributed by atoms with Crippen molar-refractivity contribution in [2.45, 2.75) is 96.2 Å². The first-order valence-electron chi connectivity index (χ1n) is 7.86. The van der Waals surface area contributed by atoms with E-state index in [1.54, 1.807) is 0 Å². The fraction of sp³-hybridized carbons (Fsp3) is 1.00. The predicted octanol–water partition coefficient (Wildman–Crippen LogP) is 6.72. The molecule has 0 aromatic carbocycles. The second-order valence-corrected chi connectivity index (χ2v) is 6.72. The van der Waals surface area contributed by atoms with E-state index < -0.39 is 0 Å². The second-order valence-electron chi connectivity index (χ2n) is 5.55. The van der Waals surface area contributed by atoms with Crippen LogP contribution in [0.5, 0.6) is 0 Å². The fourth-order valence-electron chi connectivity index (χ4n) is 2.30. The van der Waals surface area contributed by atoms with E-state index >= 15 is 0 Å². The molecule has 1 heteroatoms. The molecule has 0 bridgehead atoms. The van der Waals surface area contributed by atoms with E-state index in [2.05, 4.69) is 36.7 Å². The van der Waals surface area contributed by atoms with Crippen molar-refractivity contribution in [3.8, 4) is 0 Å². The first-order valence-corrected chi connectivity index (χ1v) is 8.78. The van der Waals surface area contributed by atoms with Crippen LogP contribution in [-0.4, -0.2) is 4.83 Å². The highest BCUT2D eigenvalue weighted by atomic mass is 79.9. The van der Waals surface area contributed by atoms with Gasteiger partial charge in [0.2, 0.25) is 0 Å². The van der Waals surface area contributed by atoms with E-state index in [0.717, 1.165) is 10.7 Å². The summed E-state index contributed by atoms with van der Waals surface area (Å²) in [7, 11) is 0. The average Bonchev–Trinajstić information content (AvgIpc) is 2.33. The van der Waals surface area contributed by atoms with Crippen LogP contribution < -0.4 is 0 Å². The van der Waals surface area contributed by atoms with Crippen molar-refractivity contribution in [2.75, 3.05) is 0 Å². The van der Waals surface area contributed by atoms with Gasteiger partial charge < -0.3 is 0 Å². The summed E-state index contributed by atoms with van der Waals surface area (Å²) in [5.41, 5.74) is 0. The molecule has 0 nitrogen and oxygen atoms in total. The summed E-state index contributed by atoms with van der Waals surface area (Å²) in [6.45, 7) is 6.98. The molecule has 0 radical (unpaired) electrons. The van der Waals surface area contributed by atoms with Crippen LogP contribution in [0.4, 0.5) is 0 Å². The third-order valence-corrected chi connectivity index (χ3v) is 5.07. The molecule has 0 rings (SSSR count). The molecule has 104 valence electrons. The largest absolute Gasteiger partial charge is 0.0888 e. The quantitative estimate of drug-likeness (QED) is 0.277. The molecule has 0 fully saturated rings. The molecule has 0 aromatic heterocycles. The number of hydrogen-bond acceptors (Lipinski definition) is 0. The number of hydrogen-bond donors (Lipinski definition) is 0. The zero-order valence-electron chi connectivity index (χ0n) is 12.3. The topological polar surface area (TPSA) is 0 Å². The van der Waals surface area contributed by atoms with Crippen molar-refractivity contribution in [2.24, 2.45) is 5.92 Å². The molecule has 2 atom stereocenters. The normalized spacial score (nSPS) is 14.8. The van der Waals surface area contributed by atoms with Gasteiger partial charge in [-0.1, -0.05) is 94.5 Å². The fourth-order valence-corrected chi connectivity index (χ4v) is 2.89. The summed E-state index contributed by atoms with van der Waals surface area (Å²) in [4.78, 5) is 0.754. The van der Waals surface area contributed by atoms with E-state index in [0.29, 0.717) is 0 Å². The van der Waals surface area contributed by atoms with Crippen molar-refractivity contribution >= 4 is 15.9 Å². The van der Waals surface area contributed by atoms with E-state index in [9.17, 15) is 0 Å². The summed E-state index contributed by atoms with van der Waals surface area (Å²) >= 11 is 3.87. The molecule has 0 aliphatic rings. The predicted molar refractivity (Wildman–Crippen MR) is 84.0 cm³/mol. The third-order valence-electron chi connectivity index (χ3n) is 3.71. The Morgan fingerprint density at radius 2 is 1.18 bits per heavy atom. The molecular weight excluding hydrogens is 272 g/mol. The van der Waals surface area contributed by atoms with Gasteiger partial charge in [0.1, 0.15) is 0 Å². The molecular formula is C16H33Br. The highest BCUT2D eigenvalue weighted by Crippen LogP contribution is 2.24. The number of halogens is 1. The van der Waals surface area contributed by atoms with E-state index in [4.69, 9.17) is 0 Å². The van der Waals surface area contributed by atoms with Gasteiger partial charge in [-0.25, -0.2) is 0 Å². The Bertz CT molecular complexity index is 144. The lowest BCUT2D eigenvalue weighted by molar-refractivity contribution is 0.450. The van der Waals surface area contributed by atoms with Gasteiger partial charge in [0.25, 0.3) is 0 Å². The molecule has 0 aliphatic carbocycles. The van der Waals surface area contributed by atoms with E-state index in [1.807, 2.05) is 0 Å². The Morgan fingerprint density at radius 1 is 0.706 bits per heavy atom. The summed E-state index contributed by atoms with van der Waals surface area (Å²) in [5, 5.41) is 0. The van der Waals surface area contributed by atoms with Crippen LogP contribution in [0, 0.1) is 5.92 Å². The SMILES string of the molecule is CCCCCCCCC(C)C(Br)CCCCC. The standard InChI is InChI=1S/C16H33Br/c1-4-6-8-9-10-12-13-15(3)16(17)14-11-7-5-2/h15-16H,4-14H2,1-3H3. The maximum Gasteiger partial charge on any atom is 0.0171 e. The summed E-state index contributed by atoms with van der Waals surface area (Å²) < 4.78 is 0. The average molecular weight is 305 g/mol.